The minimum atomic E-state index is -0.584. The van der Waals surface area contributed by atoms with Crippen LogP contribution >= 0.6 is 0 Å². The first-order valence-electron chi connectivity index (χ1n) is 9.74. The number of hydrogen-bond donors (Lipinski definition) is 1. The lowest BCUT2D eigenvalue weighted by Gasteiger charge is -2.29. The number of para-hydroxylation sites is 1. The summed E-state index contributed by atoms with van der Waals surface area (Å²) in [5.74, 6) is 0.306. The second-order valence-electron chi connectivity index (χ2n) is 6.97. The van der Waals surface area contributed by atoms with Gasteiger partial charge in [0, 0.05) is 13.1 Å². The van der Waals surface area contributed by atoms with E-state index in [-0.39, 0.29) is 18.4 Å². The first-order valence-corrected chi connectivity index (χ1v) is 9.74. The molecular formula is C23H30N2O3. The van der Waals surface area contributed by atoms with E-state index in [2.05, 4.69) is 5.32 Å². The van der Waals surface area contributed by atoms with E-state index < -0.39 is 6.04 Å². The number of benzene rings is 2. The molecule has 5 heteroatoms. The van der Waals surface area contributed by atoms with Crippen LogP contribution in [-0.2, 0) is 16.1 Å². The number of amides is 2. The predicted molar refractivity (Wildman–Crippen MR) is 111 cm³/mol. The lowest BCUT2D eigenvalue weighted by atomic mass is 10.1. The maximum atomic E-state index is 13.0. The molecule has 0 radical (unpaired) electrons. The Morgan fingerprint density at radius 3 is 2.32 bits per heavy atom. The summed E-state index contributed by atoms with van der Waals surface area (Å²) in [6.07, 6.45) is 0.848. The Labute approximate surface area is 167 Å². The molecule has 0 unspecified atom stereocenters. The van der Waals surface area contributed by atoms with E-state index in [1.165, 1.54) is 0 Å². The van der Waals surface area contributed by atoms with Gasteiger partial charge in [0.2, 0.25) is 5.91 Å². The normalized spacial score (nSPS) is 11.6. The van der Waals surface area contributed by atoms with E-state index >= 15 is 0 Å². The van der Waals surface area contributed by atoms with E-state index in [9.17, 15) is 9.59 Å². The van der Waals surface area contributed by atoms with Crippen LogP contribution in [0.1, 0.15) is 37.0 Å². The third-order valence-corrected chi connectivity index (χ3v) is 4.76. The van der Waals surface area contributed by atoms with Crippen molar-refractivity contribution in [3.63, 3.8) is 0 Å². The molecule has 0 saturated heterocycles. The van der Waals surface area contributed by atoms with Gasteiger partial charge in [0.15, 0.2) is 6.61 Å². The Hall–Kier alpha value is -2.82. The number of carbonyl (C=O) groups excluding carboxylic acids is 2. The van der Waals surface area contributed by atoms with E-state index in [4.69, 9.17) is 4.74 Å². The second kappa shape index (κ2) is 10.5. The third kappa shape index (κ3) is 5.84. The topological polar surface area (TPSA) is 58.6 Å². The van der Waals surface area contributed by atoms with Crippen LogP contribution in [0, 0.1) is 13.8 Å². The zero-order chi connectivity index (χ0) is 20.5. The van der Waals surface area contributed by atoms with Crippen molar-refractivity contribution in [1.29, 1.82) is 0 Å². The van der Waals surface area contributed by atoms with Crippen LogP contribution < -0.4 is 10.1 Å². The molecule has 150 valence electrons. The summed E-state index contributed by atoms with van der Waals surface area (Å²) in [5.41, 5.74) is 3.07. The molecule has 2 amide bonds. The number of nitrogens with zero attached hydrogens (tertiary/aromatic N) is 1. The zero-order valence-corrected chi connectivity index (χ0v) is 17.2. The number of carbonyl (C=O) groups is 2. The summed E-state index contributed by atoms with van der Waals surface area (Å²) >= 11 is 0. The van der Waals surface area contributed by atoms with Crippen molar-refractivity contribution in [1.82, 2.24) is 10.2 Å². The molecular weight excluding hydrogens is 352 g/mol. The Balaban J connectivity index is 2.16. The van der Waals surface area contributed by atoms with E-state index in [1.807, 2.05) is 69.3 Å². The van der Waals surface area contributed by atoms with Crippen LogP contribution in [0.2, 0.25) is 0 Å². The maximum Gasteiger partial charge on any atom is 0.261 e. The van der Waals surface area contributed by atoms with Gasteiger partial charge in [0.25, 0.3) is 5.91 Å². The Morgan fingerprint density at radius 1 is 1.04 bits per heavy atom. The average Bonchev–Trinajstić information content (AvgIpc) is 2.70. The molecule has 0 spiro atoms. The molecule has 2 aromatic carbocycles. The van der Waals surface area contributed by atoms with Gasteiger partial charge in [-0.15, -0.1) is 0 Å². The molecule has 2 rings (SSSR count). The van der Waals surface area contributed by atoms with Gasteiger partial charge in [-0.1, -0.05) is 49.4 Å². The monoisotopic (exact) mass is 382 g/mol. The molecule has 0 aromatic heterocycles. The van der Waals surface area contributed by atoms with Crippen molar-refractivity contribution in [2.24, 2.45) is 0 Å². The minimum absolute atomic E-state index is 0.109. The highest BCUT2D eigenvalue weighted by molar-refractivity contribution is 5.88. The molecule has 0 aliphatic carbocycles. The van der Waals surface area contributed by atoms with Crippen LogP contribution in [-0.4, -0.2) is 35.9 Å². The molecule has 0 bridgehead atoms. The Bertz CT molecular complexity index is 804. The largest absolute Gasteiger partial charge is 0.484 e. The van der Waals surface area contributed by atoms with Gasteiger partial charge in [-0.25, -0.2) is 0 Å². The fourth-order valence-electron chi connectivity index (χ4n) is 2.89. The van der Waals surface area contributed by atoms with Crippen molar-refractivity contribution < 1.29 is 14.3 Å². The summed E-state index contributed by atoms with van der Waals surface area (Å²) in [6, 6.07) is 14.9. The van der Waals surface area contributed by atoms with Gasteiger partial charge in [0.05, 0.1) is 0 Å². The van der Waals surface area contributed by atoms with Crippen molar-refractivity contribution in [3.8, 4) is 5.75 Å². The van der Waals surface area contributed by atoms with E-state index in [0.717, 1.165) is 23.1 Å². The van der Waals surface area contributed by atoms with Crippen LogP contribution in [0.15, 0.2) is 48.5 Å². The number of rotatable bonds is 9. The van der Waals surface area contributed by atoms with Gasteiger partial charge in [-0.3, -0.25) is 9.59 Å². The van der Waals surface area contributed by atoms with Gasteiger partial charge in [0.1, 0.15) is 11.8 Å². The molecule has 0 fully saturated rings. The highest BCUT2D eigenvalue weighted by Gasteiger charge is 2.26. The first kappa shape index (κ1) is 21.5. The van der Waals surface area contributed by atoms with Gasteiger partial charge in [-0.2, -0.15) is 0 Å². The molecule has 0 aliphatic heterocycles. The SMILES string of the molecule is CCCNC(=O)[C@H](C)N(Cc1ccccc1C)C(=O)COc1ccccc1C. The maximum absolute atomic E-state index is 13.0. The third-order valence-electron chi connectivity index (χ3n) is 4.76. The average molecular weight is 383 g/mol. The Morgan fingerprint density at radius 2 is 1.68 bits per heavy atom. The van der Waals surface area contributed by atoms with Crippen molar-refractivity contribution in [2.75, 3.05) is 13.2 Å². The van der Waals surface area contributed by atoms with Gasteiger partial charge in [-0.05, 0) is 49.9 Å². The molecule has 0 heterocycles. The van der Waals surface area contributed by atoms with Crippen molar-refractivity contribution in [3.05, 3.63) is 65.2 Å². The van der Waals surface area contributed by atoms with Crippen LogP contribution in [0.4, 0.5) is 0 Å². The molecule has 2 aromatic rings. The van der Waals surface area contributed by atoms with E-state index in [0.29, 0.717) is 18.8 Å². The zero-order valence-electron chi connectivity index (χ0n) is 17.2. The molecule has 0 aliphatic rings. The second-order valence-corrected chi connectivity index (χ2v) is 6.97. The van der Waals surface area contributed by atoms with Gasteiger partial charge < -0.3 is 15.0 Å². The summed E-state index contributed by atoms with van der Waals surface area (Å²) in [4.78, 5) is 27.1. The number of hydrogen-bond acceptors (Lipinski definition) is 3. The van der Waals surface area contributed by atoms with Crippen LogP contribution in [0.25, 0.3) is 0 Å². The summed E-state index contributed by atoms with van der Waals surface area (Å²) < 4.78 is 5.74. The molecule has 28 heavy (non-hydrogen) atoms. The van der Waals surface area contributed by atoms with E-state index in [1.54, 1.807) is 11.8 Å². The predicted octanol–water partition coefficient (Wildman–Crippen LogP) is 3.63. The minimum Gasteiger partial charge on any atom is -0.484 e. The fourth-order valence-corrected chi connectivity index (χ4v) is 2.89. The first-order chi connectivity index (χ1) is 13.4. The fraction of sp³-hybridized carbons (Fsp3) is 0.391. The standard InChI is InChI=1S/C23H30N2O3/c1-5-14-24-23(27)19(4)25(15-20-12-8-6-10-17(20)2)22(26)16-28-21-13-9-7-11-18(21)3/h6-13,19H,5,14-16H2,1-4H3,(H,24,27)/t19-/m0/s1. The summed E-state index contributed by atoms with van der Waals surface area (Å²) in [5, 5.41) is 2.88. The lowest BCUT2D eigenvalue weighted by Crippen LogP contribution is -2.49. The quantitative estimate of drug-likeness (QED) is 0.721. The Kier molecular flexibility index (Phi) is 8.05. The lowest BCUT2D eigenvalue weighted by molar-refractivity contribution is -0.142. The smallest absolute Gasteiger partial charge is 0.261 e. The number of ether oxygens (including phenoxy) is 1. The van der Waals surface area contributed by atoms with Crippen molar-refractivity contribution >= 4 is 11.8 Å². The van der Waals surface area contributed by atoms with Crippen molar-refractivity contribution in [2.45, 2.75) is 46.7 Å². The molecule has 1 atom stereocenters. The molecule has 5 nitrogen and oxygen atoms in total. The van der Waals surface area contributed by atoms with Gasteiger partial charge >= 0.3 is 0 Å². The highest BCUT2D eigenvalue weighted by atomic mass is 16.5. The van der Waals surface area contributed by atoms with Crippen LogP contribution in [0.3, 0.4) is 0 Å². The number of aryl methyl sites for hydroxylation is 2. The number of nitrogens with one attached hydrogen (secondary N) is 1. The van der Waals surface area contributed by atoms with Crippen LogP contribution in [0.5, 0.6) is 5.75 Å². The highest BCUT2D eigenvalue weighted by Crippen LogP contribution is 2.18. The summed E-state index contributed by atoms with van der Waals surface area (Å²) in [7, 11) is 0. The molecule has 0 saturated carbocycles. The molecule has 1 N–H and O–H groups in total. The summed E-state index contributed by atoms with van der Waals surface area (Å²) in [6.45, 7) is 8.54.